The van der Waals surface area contributed by atoms with Crippen LogP contribution in [0, 0.1) is 11.8 Å². The molecule has 1 aliphatic carbocycles. The molecule has 0 radical (unpaired) electrons. The fraction of sp³-hybridized carbons (Fsp3) is 0.474. The van der Waals surface area contributed by atoms with E-state index in [2.05, 4.69) is 10.3 Å². The van der Waals surface area contributed by atoms with Crippen LogP contribution in [0.5, 0.6) is 5.75 Å². The molecule has 2 aromatic rings. The van der Waals surface area contributed by atoms with Gasteiger partial charge in [0.25, 0.3) is 0 Å². The van der Waals surface area contributed by atoms with Gasteiger partial charge in [0, 0.05) is 13.0 Å². The van der Waals surface area contributed by atoms with E-state index in [1.54, 1.807) is 7.11 Å². The summed E-state index contributed by atoms with van der Waals surface area (Å²) in [5, 5.41) is 3.26. The maximum absolute atomic E-state index is 12.5. The number of hydrogen-bond acceptors (Lipinski definition) is 6. The van der Waals surface area contributed by atoms with Crippen molar-refractivity contribution in [1.82, 2.24) is 9.88 Å². The Hall–Kier alpha value is -2.48. The Balaban J connectivity index is 1.37. The molecule has 1 aromatic carbocycles. The highest BCUT2D eigenvalue weighted by Gasteiger charge is 2.47. The smallest absolute Gasteiger partial charge is 0.233 e. The first-order chi connectivity index (χ1) is 13.1. The van der Waals surface area contributed by atoms with Crippen LogP contribution in [-0.4, -0.2) is 41.3 Å². The van der Waals surface area contributed by atoms with Crippen molar-refractivity contribution in [3.8, 4) is 5.75 Å². The van der Waals surface area contributed by atoms with Gasteiger partial charge in [0.1, 0.15) is 5.75 Å². The van der Waals surface area contributed by atoms with Crippen LogP contribution >= 0.6 is 11.3 Å². The zero-order valence-corrected chi connectivity index (χ0v) is 15.9. The normalized spacial score (nSPS) is 22.2. The number of imide groups is 1. The first kappa shape index (κ1) is 17.9. The van der Waals surface area contributed by atoms with Crippen molar-refractivity contribution in [1.29, 1.82) is 0 Å². The second kappa shape index (κ2) is 7.26. The number of carbonyl (C=O) groups excluding carboxylic acids is 3. The molecule has 1 aliphatic heterocycles. The summed E-state index contributed by atoms with van der Waals surface area (Å²) in [6, 6.07) is 5.52. The maximum atomic E-state index is 12.5. The van der Waals surface area contributed by atoms with Gasteiger partial charge < -0.3 is 10.1 Å². The molecule has 2 aliphatic rings. The van der Waals surface area contributed by atoms with Crippen molar-refractivity contribution in [2.75, 3.05) is 19.0 Å². The van der Waals surface area contributed by atoms with E-state index < -0.39 is 0 Å². The van der Waals surface area contributed by atoms with Crippen molar-refractivity contribution in [3.63, 3.8) is 0 Å². The van der Waals surface area contributed by atoms with Crippen LogP contribution in [0.4, 0.5) is 5.13 Å². The van der Waals surface area contributed by atoms with Gasteiger partial charge in [-0.25, -0.2) is 4.98 Å². The number of nitrogens with one attached hydrogen (secondary N) is 1. The molecule has 27 heavy (non-hydrogen) atoms. The van der Waals surface area contributed by atoms with Crippen LogP contribution in [0.1, 0.15) is 32.1 Å². The first-order valence-corrected chi connectivity index (χ1v) is 9.98. The number of nitrogens with zero attached hydrogens (tertiary/aromatic N) is 2. The summed E-state index contributed by atoms with van der Waals surface area (Å²) in [6.45, 7) is 0.134. The van der Waals surface area contributed by atoms with E-state index in [1.165, 1.54) is 16.2 Å². The lowest BCUT2D eigenvalue weighted by Gasteiger charge is -2.19. The average Bonchev–Trinajstić information content (AvgIpc) is 3.18. The molecule has 142 valence electrons. The zero-order valence-electron chi connectivity index (χ0n) is 15.1. The van der Waals surface area contributed by atoms with Gasteiger partial charge in [-0.2, -0.15) is 0 Å². The number of amides is 3. The Morgan fingerprint density at radius 2 is 1.96 bits per heavy atom. The maximum Gasteiger partial charge on any atom is 0.233 e. The summed E-state index contributed by atoms with van der Waals surface area (Å²) in [6.07, 6.45) is 3.64. The van der Waals surface area contributed by atoms with Crippen molar-refractivity contribution < 1.29 is 19.1 Å². The van der Waals surface area contributed by atoms with E-state index in [-0.39, 0.29) is 42.5 Å². The number of rotatable bonds is 5. The monoisotopic (exact) mass is 387 g/mol. The Labute approximate surface area is 160 Å². The molecule has 0 spiro atoms. The molecule has 1 saturated heterocycles. The van der Waals surface area contributed by atoms with E-state index >= 15 is 0 Å². The molecule has 2 atom stereocenters. The average molecular weight is 387 g/mol. The quantitative estimate of drug-likeness (QED) is 0.797. The largest absolute Gasteiger partial charge is 0.497 e. The minimum Gasteiger partial charge on any atom is -0.497 e. The second-order valence-corrected chi connectivity index (χ2v) is 8.01. The number of aromatic nitrogens is 1. The van der Waals surface area contributed by atoms with Crippen molar-refractivity contribution in [2.45, 2.75) is 32.1 Å². The molecular weight excluding hydrogens is 366 g/mol. The van der Waals surface area contributed by atoms with Gasteiger partial charge in [0.05, 0.1) is 29.2 Å². The summed E-state index contributed by atoms with van der Waals surface area (Å²) in [5.74, 6) is -0.0793. The summed E-state index contributed by atoms with van der Waals surface area (Å²) in [7, 11) is 1.60. The van der Waals surface area contributed by atoms with Gasteiger partial charge in [0.2, 0.25) is 17.7 Å². The number of benzene rings is 1. The second-order valence-electron chi connectivity index (χ2n) is 6.98. The Morgan fingerprint density at radius 3 is 2.63 bits per heavy atom. The van der Waals surface area contributed by atoms with Gasteiger partial charge in [-0.05, 0) is 31.0 Å². The number of fused-ring (bicyclic) bond motifs is 2. The predicted octanol–water partition coefficient (Wildman–Crippen LogP) is 2.81. The Morgan fingerprint density at radius 1 is 1.26 bits per heavy atom. The van der Waals surface area contributed by atoms with E-state index in [0.717, 1.165) is 41.6 Å². The number of hydrogen-bond donors (Lipinski definition) is 1. The fourth-order valence-corrected chi connectivity index (χ4v) is 4.84. The molecule has 2 heterocycles. The van der Waals surface area contributed by atoms with E-state index in [0.29, 0.717) is 5.13 Å². The topological polar surface area (TPSA) is 88.6 Å². The van der Waals surface area contributed by atoms with E-state index in [9.17, 15) is 14.4 Å². The lowest BCUT2D eigenvalue weighted by molar-refractivity contribution is -0.140. The van der Waals surface area contributed by atoms with Crippen molar-refractivity contribution in [2.24, 2.45) is 11.8 Å². The third kappa shape index (κ3) is 3.41. The van der Waals surface area contributed by atoms with E-state index in [1.807, 2.05) is 18.2 Å². The molecule has 3 amide bonds. The highest BCUT2D eigenvalue weighted by molar-refractivity contribution is 7.22. The summed E-state index contributed by atoms with van der Waals surface area (Å²) >= 11 is 1.36. The molecule has 4 rings (SSSR count). The first-order valence-electron chi connectivity index (χ1n) is 9.16. The highest BCUT2D eigenvalue weighted by atomic mass is 32.1. The predicted molar refractivity (Wildman–Crippen MR) is 102 cm³/mol. The molecule has 8 heteroatoms. The minimum absolute atomic E-state index is 0.0795. The summed E-state index contributed by atoms with van der Waals surface area (Å²) in [5.41, 5.74) is 0.782. The number of thiazole rings is 1. The molecule has 0 bridgehead atoms. The van der Waals surface area contributed by atoms with Gasteiger partial charge in [0.15, 0.2) is 5.13 Å². The van der Waals surface area contributed by atoms with Gasteiger partial charge in [-0.3, -0.25) is 19.3 Å². The van der Waals surface area contributed by atoms with Crippen LogP contribution in [0.15, 0.2) is 18.2 Å². The third-order valence-electron chi connectivity index (χ3n) is 5.34. The SMILES string of the molecule is COc1ccc2nc(NC(=O)CCN3C(=O)[C@H]4CCCC[C@@H]4C3=O)sc2c1. The van der Waals surface area contributed by atoms with Crippen LogP contribution in [0.2, 0.25) is 0 Å². The zero-order chi connectivity index (χ0) is 19.0. The van der Waals surface area contributed by atoms with Crippen LogP contribution < -0.4 is 10.1 Å². The molecule has 2 fully saturated rings. The number of anilines is 1. The number of ether oxygens (including phenoxy) is 1. The van der Waals surface area contributed by atoms with Gasteiger partial charge in [-0.1, -0.05) is 24.2 Å². The number of carbonyl (C=O) groups is 3. The highest BCUT2D eigenvalue weighted by Crippen LogP contribution is 2.38. The van der Waals surface area contributed by atoms with Crippen LogP contribution in [0.25, 0.3) is 10.2 Å². The molecule has 7 nitrogen and oxygen atoms in total. The number of likely N-dealkylation sites (tertiary alicyclic amines) is 1. The fourth-order valence-electron chi connectivity index (χ4n) is 3.93. The lowest BCUT2D eigenvalue weighted by atomic mass is 9.81. The van der Waals surface area contributed by atoms with E-state index in [4.69, 9.17) is 4.74 Å². The van der Waals surface area contributed by atoms with Crippen molar-refractivity contribution >= 4 is 44.4 Å². The Kier molecular flexibility index (Phi) is 4.82. The van der Waals surface area contributed by atoms with Crippen LogP contribution in [-0.2, 0) is 14.4 Å². The molecular formula is C19H21N3O4S. The third-order valence-corrected chi connectivity index (χ3v) is 6.27. The van der Waals surface area contributed by atoms with Gasteiger partial charge in [-0.15, -0.1) is 0 Å². The van der Waals surface area contributed by atoms with Crippen LogP contribution in [0.3, 0.4) is 0 Å². The van der Waals surface area contributed by atoms with Crippen molar-refractivity contribution in [3.05, 3.63) is 18.2 Å². The molecule has 1 N–H and O–H groups in total. The molecule has 1 saturated carbocycles. The van der Waals surface area contributed by atoms with Gasteiger partial charge >= 0.3 is 0 Å². The Bertz CT molecular complexity index is 885. The molecule has 1 aromatic heterocycles. The lowest BCUT2D eigenvalue weighted by Crippen LogP contribution is -2.34. The molecule has 0 unspecified atom stereocenters. The number of methoxy groups -OCH3 is 1. The minimum atomic E-state index is -0.253. The summed E-state index contributed by atoms with van der Waals surface area (Å²) in [4.78, 5) is 42.8. The standard InChI is InChI=1S/C19H21N3O4S/c1-26-11-6-7-14-15(10-11)27-19(20-14)21-16(23)8-9-22-17(24)12-4-2-3-5-13(12)18(22)25/h6-7,10,12-13H,2-5,8-9H2,1H3,(H,20,21,23)/t12-,13-/m0/s1. The summed E-state index contributed by atoms with van der Waals surface area (Å²) < 4.78 is 6.11.